The van der Waals surface area contributed by atoms with E-state index < -0.39 is 0 Å². The van der Waals surface area contributed by atoms with E-state index in [1.165, 1.54) is 25.9 Å². The molecule has 1 saturated heterocycles. The van der Waals surface area contributed by atoms with Gasteiger partial charge in [-0.25, -0.2) is 9.97 Å². The Morgan fingerprint density at radius 2 is 2.17 bits per heavy atom. The van der Waals surface area contributed by atoms with Gasteiger partial charge in [-0.2, -0.15) is 0 Å². The van der Waals surface area contributed by atoms with Gasteiger partial charge >= 0.3 is 0 Å². The summed E-state index contributed by atoms with van der Waals surface area (Å²) >= 11 is 0. The summed E-state index contributed by atoms with van der Waals surface area (Å²) in [5.74, 6) is 0.565. The van der Waals surface area contributed by atoms with Crippen LogP contribution in [0.15, 0.2) is 18.3 Å². The third-order valence-corrected chi connectivity index (χ3v) is 3.64. The van der Waals surface area contributed by atoms with Crippen molar-refractivity contribution in [1.82, 2.24) is 19.4 Å². The van der Waals surface area contributed by atoms with Gasteiger partial charge in [0.25, 0.3) is 0 Å². The van der Waals surface area contributed by atoms with Crippen LogP contribution in [0.2, 0.25) is 0 Å². The van der Waals surface area contributed by atoms with Gasteiger partial charge < -0.3 is 10.6 Å². The maximum atomic E-state index is 6.02. The number of fused-ring (bicyclic) bond motifs is 1. The van der Waals surface area contributed by atoms with Gasteiger partial charge in [-0.15, -0.1) is 0 Å². The second-order valence-electron chi connectivity index (χ2n) is 5.04. The molecule has 0 saturated carbocycles. The number of nitrogens with two attached hydrogens (primary N) is 1. The molecule has 1 aliphatic heterocycles. The van der Waals surface area contributed by atoms with E-state index >= 15 is 0 Å². The average Bonchev–Trinajstić information content (AvgIpc) is 2.94. The minimum absolute atomic E-state index is 0.308. The van der Waals surface area contributed by atoms with Crippen LogP contribution in [0, 0.1) is 0 Å². The van der Waals surface area contributed by atoms with E-state index in [1.54, 1.807) is 6.20 Å². The molecule has 0 bridgehead atoms. The fourth-order valence-corrected chi connectivity index (χ4v) is 2.80. The van der Waals surface area contributed by atoms with Crippen molar-refractivity contribution in [3.05, 3.63) is 18.3 Å². The molecule has 18 heavy (non-hydrogen) atoms. The van der Waals surface area contributed by atoms with Crippen molar-refractivity contribution in [2.24, 2.45) is 0 Å². The van der Waals surface area contributed by atoms with Crippen LogP contribution < -0.4 is 5.73 Å². The maximum Gasteiger partial charge on any atom is 0.202 e. The topological polar surface area (TPSA) is 60.0 Å². The number of hydrogen-bond donors (Lipinski definition) is 1. The molecule has 0 spiro atoms. The number of hydrogen-bond acceptors (Lipinski definition) is 4. The molecule has 0 radical (unpaired) electrons. The number of pyridine rings is 1. The highest BCUT2D eigenvalue weighted by atomic mass is 15.2. The van der Waals surface area contributed by atoms with E-state index in [4.69, 9.17) is 5.73 Å². The maximum absolute atomic E-state index is 6.02. The van der Waals surface area contributed by atoms with Crippen LogP contribution in [0.3, 0.4) is 0 Å². The van der Waals surface area contributed by atoms with E-state index in [0.29, 0.717) is 12.0 Å². The zero-order valence-electron chi connectivity index (χ0n) is 10.7. The fourth-order valence-electron chi connectivity index (χ4n) is 2.80. The molecule has 96 valence electrons. The Labute approximate surface area is 107 Å². The summed E-state index contributed by atoms with van der Waals surface area (Å²) in [5, 5.41) is 0. The summed E-state index contributed by atoms with van der Waals surface area (Å²) in [4.78, 5) is 11.3. The summed E-state index contributed by atoms with van der Waals surface area (Å²) < 4.78 is 2.05. The van der Waals surface area contributed by atoms with Crippen LogP contribution in [0.25, 0.3) is 11.2 Å². The molecule has 1 aliphatic rings. The summed E-state index contributed by atoms with van der Waals surface area (Å²) in [6, 6.07) is 4.16. The average molecular weight is 245 g/mol. The lowest BCUT2D eigenvalue weighted by molar-refractivity contribution is 0.291. The van der Waals surface area contributed by atoms with Crippen LogP contribution in [-0.4, -0.2) is 39.1 Å². The number of imidazole rings is 1. The molecular weight excluding hydrogens is 226 g/mol. The Hall–Kier alpha value is -1.62. The highest BCUT2D eigenvalue weighted by Gasteiger charge is 2.19. The predicted molar refractivity (Wildman–Crippen MR) is 72.3 cm³/mol. The van der Waals surface area contributed by atoms with Gasteiger partial charge in [0.05, 0.1) is 0 Å². The zero-order chi connectivity index (χ0) is 12.5. The van der Waals surface area contributed by atoms with Crippen LogP contribution >= 0.6 is 0 Å². The minimum Gasteiger partial charge on any atom is -0.369 e. The first kappa shape index (κ1) is 11.5. The number of rotatable bonds is 3. The second kappa shape index (κ2) is 4.57. The van der Waals surface area contributed by atoms with Crippen molar-refractivity contribution in [1.29, 1.82) is 0 Å². The second-order valence-corrected chi connectivity index (χ2v) is 5.04. The summed E-state index contributed by atoms with van der Waals surface area (Å²) in [5.41, 5.74) is 7.79. The molecule has 3 heterocycles. The summed E-state index contributed by atoms with van der Waals surface area (Å²) in [6.07, 6.45) is 4.42. The Balaban J connectivity index is 1.90. The first-order valence-corrected chi connectivity index (χ1v) is 6.56. The van der Waals surface area contributed by atoms with Crippen LogP contribution in [0.4, 0.5) is 5.95 Å². The molecule has 1 unspecified atom stereocenters. The predicted octanol–water partition coefficient (Wildman–Crippen LogP) is 1.67. The van der Waals surface area contributed by atoms with E-state index in [0.717, 1.165) is 17.7 Å². The van der Waals surface area contributed by atoms with Gasteiger partial charge in [0.15, 0.2) is 5.65 Å². The number of nitrogens with zero attached hydrogens (tertiary/aromatic N) is 4. The zero-order valence-corrected chi connectivity index (χ0v) is 10.7. The normalized spacial score (nSPS) is 18.5. The van der Waals surface area contributed by atoms with Crippen molar-refractivity contribution < 1.29 is 0 Å². The largest absolute Gasteiger partial charge is 0.369 e. The third-order valence-electron chi connectivity index (χ3n) is 3.64. The lowest BCUT2D eigenvalue weighted by Gasteiger charge is -2.22. The van der Waals surface area contributed by atoms with Crippen LogP contribution in [-0.2, 0) is 0 Å². The van der Waals surface area contributed by atoms with Gasteiger partial charge in [-0.1, -0.05) is 0 Å². The molecule has 2 N–H and O–H groups in total. The fraction of sp³-hybridized carbons (Fsp3) is 0.538. The van der Waals surface area contributed by atoms with Crippen LogP contribution in [0.5, 0.6) is 0 Å². The molecule has 1 atom stereocenters. The Morgan fingerprint density at radius 1 is 1.39 bits per heavy atom. The lowest BCUT2D eigenvalue weighted by atomic mass is 10.3. The highest BCUT2D eigenvalue weighted by Crippen LogP contribution is 2.22. The number of likely N-dealkylation sites (tertiary alicyclic amines) is 1. The van der Waals surface area contributed by atoms with Gasteiger partial charge in [0, 0.05) is 18.8 Å². The first-order chi connectivity index (χ1) is 8.75. The molecule has 2 aromatic heterocycles. The summed E-state index contributed by atoms with van der Waals surface area (Å²) in [7, 11) is 0. The summed E-state index contributed by atoms with van der Waals surface area (Å²) in [6.45, 7) is 5.60. The van der Waals surface area contributed by atoms with Crippen molar-refractivity contribution in [2.75, 3.05) is 25.4 Å². The third kappa shape index (κ3) is 1.95. The monoisotopic (exact) mass is 245 g/mol. The quantitative estimate of drug-likeness (QED) is 0.893. The Kier molecular flexibility index (Phi) is 2.91. The van der Waals surface area contributed by atoms with Crippen LogP contribution in [0.1, 0.15) is 25.8 Å². The van der Waals surface area contributed by atoms with Gasteiger partial charge in [0.2, 0.25) is 5.95 Å². The molecule has 0 amide bonds. The molecule has 2 aromatic rings. The number of anilines is 1. The minimum atomic E-state index is 0.308. The number of nitrogen functional groups attached to an aromatic ring is 1. The molecule has 0 aliphatic carbocycles. The molecule has 0 aromatic carbocycles. The smallest absolute Gasteiger partial charge is 0.202 e. The molecule has 1 fully saturated rings. The van der Waals surface area contributed by atoms with Gasteiger partial charge in [-0.05, 0) is 45.0 Å². The van der Waals surface area contributed by atoms with Gasteiger partial charge in [-0.3, -0.25) is 4.57 Å². The molecule has 3 rings (SSSR count). The van der Waals surface area contributed by atoms with E-state index in [2.05, 4.69) is 21.8 Å². The lowest BCUT2D eigenvalue weighted by Crippen LogP contribution is -2.27. The Morgan fingerprint density at radius 3 is 2.94 bits per heavy atom. The molecule has 5 heteroatoms. The van der Waals surface area contributed by atoms with Crippen molar-refractivity contribution in [3.8, 4) is 0 Å². The molecular formula is C13H19N5. The number of aromatic nitrogens is 3. The Bertz CT molecular complexity index is 541. The van der Waals surface area contributed by atoms with Gasteiger partial charge in [0.1, 0.15) is 5.52 Å². The van der Waals surface area contributed by atoms with Crippen molar-refractivity contribution in [3.63, 3.8) is 0 Å². The SMILES string of the molecule is CC(CN1CCCC1)n1c(N)nc2cccnc21. The standard InChI is InChI=1S/C13H19N5/c1-10(9-17-7-2-3-8-17)18-12-11(16-13(18)14)5-4-6-15-12/h4-6,10H,2-3,7-9H2,1H3,(H2,14,16). The first-order valence-electron chi connectivity index (χ1n) is 6.56. The van der Waals surface area contributed by atoms with E-state index in [1.807, 2.05) is 16.7 Å². The van der Waals surface area contributed by atoms with Crippen molar-refractivity contribution >= 4 is 17.1 Å². The van der Waals surface area contributed by atoms with Crippen molar-refractivity contribution in [2.45, 2.75) is 25.8 Å². The van der Waals surface area contributed by atoms with E-state index in [9.17, 15) is 0 Å². The molecule has 5 nitrogen and oxygen atoms in total. The highest BCUT2D eigenvalue weighted by molar-refractivity contribution is 5.73. The van der Waals surface area contributed by atoms with E-state index in [-0.39, 0.29) is 0 Å².